The number of carbonyl (C=O) groups is 2. The maximum Gasteiger partial charge on any atom is 0.341 e. The second kappa shape index (κ2) is 16.6. The van der Waals surface area contributed by atoms with Crippen molar-refractivity contribution in [2.75, 3.05) is 29.6 Å². The number of nitrogens with zero attached hydrogens (tertiary/aromatic N) is 1. The largest absolute Gasteiger partial charge is 0.462 e. The van der Waals surface area contributed by atoms with E-state index in [0.717, 1.165) is 37.8 Å². The first-order valence-electron chi connectivity index (χ1n) is 13.6. The van der Waals surface area contributed by atoms with Crippen LogP contribution in [0, 0.1) is 10.1 Å². The number of nitro benzene ring substituents is 1. The highest BCUT2D eigenvalue weighted by molar-refractivity contribution is 9.10. The summed E-state index contributed by atoms with van der Waals surface area (Å²) in [7, 11) is 0. The normalized spacial score (nSPS) is 10.4. The van der Waals surface area contributed by atoms with Gasteiger partial charge in [0.2, 0.25) is 0 Å². The predicted molar refractivity (Wildman–Crippen MR) is 185 cm³/mol. The van der Waals surface area contributed by atoms with Crippen molar-refractivity contribution < 1.29 is 24.0 Å². The van der Waals surface area contributed by atoms with Crippen LogP contribution in [0.2, 0.25) is 0 Å². The van der Waals surface area contributed by atoms with Crippen molar-refractivity contribution >= 4 is 99.2 Å². The number of aryl methyl sites for hydroxylation is 2. The van der Waals surface area contributed by atoms with Crippen LogP contribution in [0.5, 0.6) is 0 Å². The Morgan fingerprint density at radius 2 is 1.25 bits per heavy atom. The highest BCUT2D eigenvalue weighted by Gasteiger charge is 2.21. The monoisotopic (exact) mass is 766 g/mol. The van der Waals surface area contributed by atoms with Crippen LogP contribution in [-0.4, -0.2) is 30.1 Å². The first kappa shape index (κ1) is 35.0. The average molecular weight is 769 g/mol. The Balaban J connectivity index is 0.000000241. The molecule has 0 spiro atoms. The number of thiophene rings is 2. The number of benzene rings is 2. The third-order valence-corrected chi connectivity index (χ3v) is 9.30. The van der Waals surface area contributed by atoms with E-state index in [-0.39, 0.29) is 18.3 Å². The summed E-state index contributed by atoms with van der Waals surface area (Å²) in [6, 6.07) is 13.9. The zero-order chi connectivity index (χ0) is 32.4. The number of nitrogens with two attached hydrogens (primary N) is 1. The third-order valence-electron chi connectivity index (χ3n) is 5.92. The molecule has 2 aromatic carbocycles. The van der Waals surface area contributed by atoms with Gasteiger partial charge in [-0.25, -0.2) is 9.59 Å². The lowest BCUT2D eigenvalue weighted by atomic mass is 10.2. The quantitative estimate of drug-likeness (QED) is 0.0588. The SMILES string of the molecule is CCOC(=O)c1cc(CC)sc1Nc1ccc(Br)cc1N.CCOC(=O)c1cc(CC)sc1Nc1ccc(Br)cc1[N+](=O)[O-]. The molecule has 4 N–H and O–H groups in total. The molecule has 0 atom stereocenters. The van der Waals surface area contributed by atoms with Crippen molar-refractivity contribution in [2.24, 2.45) is 0 Å². The van der Waals surface area contributed by atoms with Gasteiger partial charge in [-0.1, -0.05) is 45.7 Å². The lowest BCUT2D eigenvalue weighted by Gasteiger charge is -2.09. The van der Waals surface area contributed by atoms with Crippen LogP contribution in [0.1, 0.15) is 58.2 Å². The molecule has 4 rings (SSSR count). The van der Waals surface area contributed by atoms with Crippen LogP contribution in [-0.2, 0) is 22.3 Å². The molecular weight excluding hydrogens is 736 g/mol. The maximum absolute atomic E-state index is 12.1. The van der Waals surface area contributed by atoms with Gasteiger partial charge >= 0.3 is 11.9 Å². The Labute approximate surface area is 280 Å². The number of ether oxygens (including phenoxy) is 2. The summed E-state index contributed by atoms with van der Waals surface area (Å²) in [5.74, 6) is -0.752. The highest BCUT2D eigenvalue weighted by Crippen LogP contribution is 2.37. The van der Waals surface area contributed by atoms with Gasteiger partial charge in [0.1, 0.15) is 15.7 Å². The molecule has 0 aliphatic carbocycles. The molecule has 0 aliphatic heterocycles. The lowest BCUT2D eigenvalue weighted by molar-refractivity contribution is -0.384. The van der Waals surface area contributed by atoms with Gasteiger partial charge in [-0.2, -0.15) is 0 Å². The second-order valence-corrected chi connectivity index (χ2v) is 13.1. The standard InChI is InChI=1S/C15H15BrN2O4S.C15H17BrN2O2S/c1-3-10-8-11(15(19)22-4-2)14(23-10)17-12-6-5-9(16)7-13(12)18(20)21;1-3-10-8-11(15(19)20-4-2)14(21-10)18-13-6-5-9(16)7-12(13)17/h5-8,17H,3-4H2,1-2H3;5-8,18H,3-4,17H2,1-2H3. The molecule has 0 bridgehead atoms. The molecule has 0 saturated heterocycles. The minimum atomic E-state index is -0.467. The van der Waals surface area contributed by atoms with Crippen molar-refractivity contribution in [2.45, 2.75) is 40.5 Å². The van der Waals surface area contributed by atoms with E-state index in [1.807, 2.05) is 31.2 Å². The van der Waals surface area contributed by atoms with Crippen molar-refractivity contribution in [3.8, 4) is 0 Å². The summed E-state index contributed by atoms with van der Waals surface area (Å²) in [6.07, 6.45) is 1.63. The van der Waals surface area contributed by atoms with E-state index in [2.05, 4.69) is 49.4 Å². The molecule has 2 aromatic heterocycles. The van der Waals surface area contributed by atoms with Crippen molar-refractivity contribution in [3.05, 3.63) is 88.5 Å². The van der Waals surface area contributed by atoms with E-state index in [9.17, 15) is 19.7 Å². The Bertz CT molecular complexity index is 1640. The van der Waals surface area contributed by atoms with Crippen molar-refractivity contribution in [1.29, 1.82) is 0 Å². The Hall–Kier alpha value is -3.46. The number of rotatable bonds is 11. The maximum atomic E-state index is 12.1. The number of esters is 2. The van der Waals surface area contributed by atoms with Crippen molar-refractivity contribution in [1.82, 2.24) is 0 Å². The predicted octanol–water partition coefficient (Wildman–Crippen LogP) is 9.48. The Kier molecular flexibility index (Phi) is 13.2. The average Bonchev–Trinajstić information content (AvgIpc) is 3.60. The number of nitro groups is 1. The molecular formula is C30H32Br2N4O6S2. The van der Waals surface area contributed by atoms with E-state index < -0.39 is 10.9 Å². The van der Waals surface area contributed by atoms with Crippen LogP contribution in [0.3, 0.4) is 0 Å². The fourth-order valence-corrected chi connectivity index (χ4v) is 6.51. The third kappa shape index (κ3) is 9.27. The molecule has 0 fully saturated rings. The van der Waals surface area contributed by atoms with Crippen LogP contribution < -0.4 is 16.4 Å². The zero-order valence-electron chi connectivity index (χ0n) is 24.5. The first-order chi connectivity index (χ1) is 21.0. The molecule has 44 heavy (non-hydrogen) atoms. The second-order valence-electron chi connectivity index (χ2n) is 8.96. The summed E-state index contributed by atoms with van der Waals surface area (Å²) >= 11 is 9.52. The summed E-state index contributed by atoms with van der Waals surface area (Å²) in [6.45, 7) is 8.19. The Morgan fingerprint density at radius 1 is 0.795 bits per heavy atom. The summed E-state index contributed by atoms with van der Waals surface area (Å²) in [5, 5.41) is 18.7. The minimum absolute atomic E-state index is 0.0689. The number of hydrogen-bond acceptors (Lipinski definition) is 11. The lowest BCUT2D eigenvalue weighted by Crippen LogP contribution is -2.06. The fourth-order valence-electron chi connectivity index (χ4n) is 3.79. The molecule has 14 heteroatoms. The van der Waals surface area contributed by atoms with Crippen LogP contribution in [0.4, 0.5) is 32.8 Å². The molecule has 0 radical (unpaired) electrons. The van der Waals surface area contributed by atoms with Gasteiger partial charge < -0.3 is 25.8 Å². The van der Waals surface area contributed by atoms with Gasteiger partial charge in [-0.05, 0) is 69.2 Å². The van der Waals surface area contributed by atoms with E-state index in [4.69, 9.17) is 15.2 Å². The number of anilines is 5. The van der Waals surface area contributed by atoms with Crippen molar-refractivity contribution in [3.63, 3.8) is 0 Å². The number of carbonyl (C=O) groups excluding carboxylic acids is 2. The molecule has 0 amide bonds. The van der Waals surface area contributed by atoms with Gasteiger partial charge in [0, 0.05) is 24.8 Å². The molecule has 10 nitrogen and oxygen atoms in total. The molecule has 4 aromatic rings. The summed E-state index contributed by atoms with van der Waals surface area (Å²) in [4.78, 5) is 36.9. The fraction of sp³-hybridized carbons (Fsp3) is 0.267. The van der Waals surface area contributed by atoms with Crippen LogP contribution >= 0.6 is 54.5 Å². The van der Waals surface area contributed by atoms with Gasteiger partial charge in [0.15, 0.2) is 0 Å². The zero-order valence-corrected chi connectivity index (χ0v) is 29.3. The number of nitrogen functional groups attached to an aromatic ring is 1. The molecule has 234 valence electrons. The summed E-state index contributed by atoms with van der Waals surface area (Å²) < 4.78 is 11.7. The van der Waals surface area contributed by atoms with E-state index in [0.29, 0.717) is 38.6 Å². The number of hydrogen-bond donors (Lipinski definition) is 3. The smallest absolute Gasteiger partial charge is 0.341 e. The van der Waals surface area contributed by atoms with Gasteiger partial charge in [-0.15, -0.1) is 22.7 Å². The topological polar surface area (TPSA) is 146 Å². The van der Waals surface area contributed by atoms with E-state index >= 15 is 0 Å². The molecule has 0 saturated carbocycles. The van der Waals surface area contributed by atoms with Gasteiger partial charge in [0.05, 0.1) is 40.6 Å². The number of nitrogens with one attached hydrogen (secondary N) is 2. The molecule has 0 unspecified atom stereocenters. The van der Waals surface area contributed by atoms with Gasteiger partial charge in [0.25, 0.3) is 5.69 Å². The van der Waals surface area contributed by atoms with Crippen LogP contribution in [0.25, 0.3) is 0 Å². The van der Waals surface area contributed by atoms with Gasteiger partial charge in [-0.3, -0.25) is 10.1 Å². The first-order valence-corrected chi connectivity index (χ1v) is 16.9. The molecule has 0 aliphatic rings. The van der Waals surface area contributed by atoms with E-state index in [1.54, 1.807) is 43.4 Å². The van der Waals surface area contributed by atoms with Crippen LogP contribution in [0.15, 0.2) is 57.5 Å². The highest BCUT2D eigenvalue weighted by atomic mass is 79.9. The van der Waals surface area contributed by atoms with E-state index in [1.165, 1.54) is 17.4 Å². The number of halogens is 2. The minimum Gasteiger partial charge on any atom is -0.462 e. The summed E-state index contributed by atoms with van der Waals surface area (Å²) in [5.41, 5.74) is 8.59. The Morgan fingerprint density at radius 3 is 1.68 bits per heavy atom. The molecule has 2 heterocycles.